The summed E-state index contributed by atoms with van der Waals surface area (Å²) in [5.41, 5.74) is 0.936. The Morgan fingerprint density at radius 2 is 2.29 bits per heavy atom. The van der Waals surface area contributed by atoms with Crippen LogP contribution in [0.5, 0.6) is 0 Å². The molecule has 3 nitrogen and oxygen atoms in total. The van der Waals surface area contributed by atoms with Gasteiger partial charge in [0.1, 0.15) is 11.6 Å². The molecular formula is C13H16FN3. The molecule has 1 aromatic heterocycles. The van der Waals surface area contributed by atoms with Crippen molar-refractivity contribution in [1.29, 1.82) is 0 Å². The molecule has 0 aliphatic carbocycles. The molecule has 2 aromatic rings. The quantitative estimate of drug-likeness (QED) is 0.878. The molecule has 0 saturated heterocycles. The topological polar surface area (TPSA) is 29.9 Å². The average Bonchev–Trinajstić information content (AvgIpc) is 2.72. The van der Waals surface area contributed by atoms with Crippen molar-refractivity contribution in [3.63, 3.8) is 0 Å². The molecule has 0 aliphatic rings. The minimum atomic E-state index is -0.200. The van der Waals surface area contributed by atoms with Crippen LogP contribution in [0.15, 0.2) is 36.7 Å². The lowest BCUT2D eigenvalue weighted by molar-refractivity contribution is 0.528. The highest BCUT2D eigenvalue weighted by atomic mass is 19.1. The number of hydrogen-bond acceptors (Lipinski definition) is 2. The van der Waals surface area contributed by atoms with Crippen LogP contribution in [0.1, 0.15) is 24.4 Å². The zero-order valence-corrected chi connectivity index (χ0v) is 10.0. The third-order valence-electron chi connectivity index (χ3n) is 2.75. The van der Waals surface area contributed by atoms with Crippen LogP contribution in [0, 0.1) is 5.82 Å². The molecule has 0 radical (unpaired) electrons. The van der Waals surface area contributed by atoms with Crippen LogP contribution in [0.25, 0.3) is 0 Å². The van der Waals surface area contributed by atoms with Crippen LogP contribution < -0.4 is 5.32 Å². The van der Waals surface area contributed by atoms with E-state index in [1.54, 1.807) is 12.3 Å². The molecule has 90 valence electrons. The monoisotopic (exact) mass is 233 g/mol. The van der Waals surface area contributed by atoms with Crippen molar-refractivity contribution in [2.75, 3.05) is 0 Å². The minimum absolute atomic E-state index is 0.137. The number of benzene rings is 1. The van der Waals surface area contributed by atoms with Crippen LogP contribution in [-0.2, 0) is 13.6 Å². The fourth-order valence-electron chi connectivity index (χ4n) is 1.80. The fourth-order valence-corrected chi connectivity index (χ4v) is 1.80. The van der Waals surface area contributed by atoms with E-state index in [0.29, 0.717) is 6.54 Å². The highest BCUT2D eigenvalue weighted by Crippen LogP contribution is 2.10. The van der Waals surface area contributed by atoms with E-state index in [9.17, 15) is 4.39 Å². The summed E-state index contributed by atoms with van der Waals surface area (Å²) in [7, 11) is 1.96. The van der Waals surface area contributed by atoms with Gasteiger partial charge in [0.05, 0.1) is 6.04 Å². The van der Waals surface area contributed by atoms with Gasteiger partial charge in [0.25, 0.3) is 0 Å². The molecule has 1 heterocycles. The molecule has 0 amide bonds. The molecule has 1 unspecified atom stereocenters. The first-order valence-corrected chi connectivity index (χ1v) is 5.62. The van der Waals surface area contributed by atoms with Gasteiger partial charge in [0.15, 0.2) is 0 Å². The van der Waals surface area contributed by atoms with E-state index in [0.717, 1.165) is 11.4 Å². The Morgan fingerprint density at radius 3 is 2.94 bits per heavy atom. The Bertz CT molecular complexity index is 493. The Kier molecular flexibility index (Phi) is 3.54. The molecule has 4 heteroatoms. The van der Waals surface area contributed by atoms with Gasteiger partial charge in [-0.3, -0.25) is 0 Å². The molecule has 17 heavy (non-hydrogen) atoms. The van der Waals surface area contributed by atoms with E-state index in [1.807, 2.05) is 30.8 Å². The summed E-state index contributed by atoms with van der Waals surface area (Å²) < 4.78 is 15.0. The van der Waals surface area contributed by atoms with Crippen LogP contribution in [0.2, 0.25) is 0 Å². The van der Waals surface area contributed by atoms with Crippen molar-refractivity contribution in [3.8, 4) is 0 Å². The summed E-state index contributed by atoms with van der Waals surface area (Å²) in [6.45, 7) is 2.67. The van der Waals surface area contributed by atoms with Crippen molar-refractivity contribution in [2.45, 2.75) is 19.5 Å². The number of aromatic nitrogens is 2. The molecular weight excluding hydrogens is 217 g/mol. The van der Waals surface area contributed by atoms with Gasteiger partial charge in [-0.1, -0.05) is 12.1 Å². The van der Waals surface area contributed by atoms with Gasteiger partial charge in [0, 0.05) is 26.0 Å². The zero-order valence-electron chi connectivity index (χ0n) is 10.0. The molecule has 2 rings (SSSR count). The number of hydrogen-bond donors (Lipinski definition) is 1. The number of imidazole rings is 1. The predicted molar refractivity (Wildman–Crippen MR) is 64.9 cm³/mol. The molecule has 0 bridgehead atoms. The van der Waals surface area contributed by atoms with Crippen molar-refractivity contribution in [1.82, 2.24) is 14.9 Å². The van der Waals surface area contributed by atoms with Gasteiger partial charge in [-0.25, -0.2) is 9.37 Å². The second-order valence-corrected chi connectivity index (χ2v) is 4.13. The first-order valence-electron chi connectivity index (χ1n) is 5.62. The number of rotatable bonds is 4. The summed E-state index contributed by atoms with van der Waals surface area (Å²) in [5, 5.41) is 3.32. The lowest BCUT2D eigenvalue weighted by Gasteiger charge is -2.13. The van der Waals surface area contributed by atoms with Crippen LogP contribution in [0.4, 0.5) is 4.39 Å². The lowest BCUT2D eigenvalue weighted by atomic mass is 10.2. The third-order valence-corrected chi connectivity index (χ3v) is 2.75. The van der Waals surface area contributed by atoms with Gasteiger partial charge < -0.3 is 9.88 Å². The second-order valence-electron chi connectivity index (χ2n) is 4.13. The zero-order chi connectivity index (χ0) is 12.3. The molecule has 0 fully saturated rings. The van der Waals surface area contributed by atoms with Gasteiger partial charge in [0.2, 0.25) is 0 Å². The lowest BCUT2D eigenvalue weighted by Crippen LogP contribution is -2.21. The molecule has 0 aliphatic heterocycles. The Morgan fingerprint density at radius 1 is 1.47 bits per heavy atom. The van der Waals surface area contributed by atoms with Gasteiger partial charge in [-0.15, -0.1) is 0 Å². The maximum Gasteiger partial charge on any atom is 0.125 e. The summed E-state index contributed by atoms with van der Waals surface area (Å²) in [5.74, 6) is 0.773. The SMILES string of the molecule is CC(NCc1cccc(F)c1)c1nccn1C. The van der Waals surface area contributed by atoms with Gasteiger partial charge in [-0.05, 0) is 24.6 Å². The van der Waals surface area contributed by atoms with E-state index in [1.165, 1.54) is 12.1 Å². The van der Waals surface area contributed by atoms with Crippen molar-refractivity contribution >= 4 is 0 Å². The molecule has 1 N–H and O–H groups in total. The highest BCUT2D eigenvalue weighted by molar-refractivity contribution is 5.16. The highest BCUT2D eigenvalue weighted by Gasteiger charge is 2.09. The maximum atomic E-state index is 13.0. The van der Waals surface area contributed by atoms with E-state index in [4.69, 9.17) is 0 Å². The number of nitrogens with one attached hydrogen (secondary N) is 1. The number of halogens is 1. The molecule has 1 aromatic carbocycles. The van der Waals surface area contributed by atoms with Crippen molar-refractivity contribution in [3.05, 3.63) is 53.9 Å². The summed E-state index contributed by atoms with van der Waals surface area (Å²) in [6, 6.07) is 6.75. The maximum absolute atomic E-state index is 13.0. The summed E-state index contributed by atoms with van der Waals surface area (Å²) in [6.07, 6.45) is 3.69. The van der Waals surface area contributed by atoms with E-state index in [-0.39, 0.29) is 11.9 Å². The summed E-state index contributed by atoms with van der Waals surface area (Å²) in [4.78, 5) is 4.27. The van der Waals surface area contributed by atoms with E-state index < -0.39 is 0 Å². The number of aryl methyl sites for hydroxylation is 1. The van der Waals surface area contributed by atoms with Crippen molar-refractivity contribution in [2.24, 2.45) is 7.05 Å². The standard InChI is InChI=1S/C13H16FN3/c1-10(13-15-6-7-17(13)2)16-9-11-4-3-5-12(14)8-11/h3-8,10,16H,9H2,1-2H3. The first-order chi connectivity index (χ1) is 8.16. The summed E-state index contributed by atoms with van der Waals surface area (Å²) >= 11 is 0. The molecule has 0 saturated carbocycles. The minimum Gasteiger partial charge on any atom is -0.337 e. The first kappa shape index (κ1) is 11.8. The largest absolute Gasteiger partial charge is 0.337 e. The normalized spacial score (nSPS) is 12.6. The Balaban J connectivity index is 1.97. The average molecular weight is 233 g/mol. The third kappa shape index (κ3) is 2.91. The molecule has 1 atom stereocenters. The van der Waals surface area contributed by atoms with Gasteiger partial charge >= 0.3 is 0 Å². The van der Waals surface area contributed by atoms with Crippen LogP contribution in [-0.4, -0.2) is 9.55 Å². The fraction of sp³-hybridized carbons (Fsp3) is 0.308. The second kappa shape index (κ2) is 5.10. The van der Waals surface area contributed by atoms with Crippen LogP contribution in [0.3, 0.4) is 0 Å². The van der Waals surface area contributed by atoms with E-state index >= 15 is 0 Å². The molecule has 0 spiro atoms. The smallest absolute Gasteiger partial charge is 0.125 e. The van der Waals surface area contributed by atoms with Gasteiger partial charge in [-0.2, -0.15) is 0 Å². The van der Waals surface area contributed by atoms with E-state index in [2.05, 4.69) is 10.3 Å². The number of nitrogens with zero attached hydrogens (tertiary/aromatic N) is 2. The Labute approximate surface area is 100 Å². The Hall–Kier alpha value is -1.68. The van der Waals surface area contributed by atoms with Crippen molar-refractivity contribution < 1.29 is 4.39 Å². The predicted octanol–water partition coefficient (Wildman–Crippen LogP) is 2.41. The van der Waals surface area contributed by atoms with Crippen LogP contribution >= 0.6 is 0 Å².